The Bertz CT molecular complexity index is 599. The maximum atomic E-state index is 12.8. The Balaban J connectivity index is 1.62. The van der Waals surface area contributed by atoms with E-state index in [0.29, 0.717) is 18.6 Å². The van der Waals surface area contributed by atoms with E-state index < -0.39 is 0 Å². The SMILES string of the molecule is CCCO[C@H]1C[C@@H](C(=O)N2CCCC2)CC[C@@H]1NC(=O)c1ccccc1. The van der Waals surface area contributed by atoms with Crippen LogP contribution in [0.4, 0.5) is 0 Å². The molecule has 1 saturated heterocycles. The number of benzene rings is 1. The molecule has 2 aliphatic rings. The fourth-order valence-corrected chi connectivity index (χ4v) is 4.01. The minimum atomic E-state index is -0.0899. The van der Waals surface area contributed by atoms with E-state index in [1.807, 2.05) is 35.2 Å². The molecular formula is C21H30N2O3. The minimum absolute atomic E-state index is 0.0276. The normalized spacial score (nSPS) is 25.9. The summed E-state index contributed by atoms with van der Waals surface area (Å²) in [7, 11) is 0. The molecule has 0 bridgehead atoms. The first-order valence-corrected chi connectivity index (χ1v) is 9.95. The molecule has 5 heteroatoms. The van der Waals surface area contributed by atoms with Gasteiger partial charge in [-0.25, -0.2) is 0 Å². The zero-order valence-electron chi connectivity index (χ0n) is 15.7. The van der Waals surface area contributed by atoms with Crippen molar-refractivity contribution in [2.24, 2.45) is 5.92 Å². The fourth-order valence-electron chi connectivity index (χ4n) is 4.01. The second-order valence-electron chi connectivity index (χ2n) is 7.40. The van der Waals surface area contributed by atoms with Crippen LogP contribution < -0.4 is 5.32 Å². The first-order chi connectivity index (χ1) is 12.7. The molecule has 1 heterocycles. The first kappa shape index (κ1) is 18.9. The average Bonchev–Trinajstić information content (AvgIpc) is 3.22. The molecule has 3 atom stereocenters. The number of nitrogens with zero attached hydrogens (tertiary/aromatic N) is 1. The largest absolute Gasteiger partial charge is 0.376 e. The molecule has 0 spiro atoms. The molecule has 1 aliphatic heterocycles. The quantitative estimate of drug-likeness (QED) is 0.850. The van der Waals surface area contributed by atoms with E-state index in [1.165, 1.54) is 0 Å². The molecule has 1 aromatic rings. The molecule has 1 N–H and O–H groups in total. The van der Waals surface area contributed by atoms with Crippen molar-refractivity contribution in [1.82, 2.24) is 10.2 Å². The Morgan fingerprint density at radius 3 is 2.58 bits per heavy atom. The standard InChI is InChI=1S/C21H30N2O3/c1-2-14-26-19-15-17(21(25)23-12-6-7-13-23)10-11-18(19)22-20(24)16-8-4-3-5-9-16/h3-5,8-9,17-19H,2,6-7,10-15H2,1H3,(H,22,24)/t17-,18-,19-/m0/s1. The monoisotopic (exact) mass is 358 g/mol. The highest BCUT2D eigenvalue weighted by Gasteiger charge is 2.37. The van der Waals surface area contributed by atoms with Gasteiger partial charge in [0.1, 0.15) is 0 Å². The third-order valence-electron chi connectivity index (χ3n) is 5.45. The third kappa shape index (κ3) is 4.64. The number of nitrogens with one attached hydrogen (secondary N) is 1. The topological polar surface area (TPSA) is 58.6 Å². The Morgan fingerprint density at radius 2 is 1.88 bits per heavy atom. The number of likely N-dealkylation sites (tertiary alicyclic amines) is 1. The van der Waals surface area contributed by atoms with Crippen LogP contribution >= 0.6 is 0 Å². The van der Waals surface area contributed by atoms with Crippen molar-refractivity contribution in [2.75, 3.05) is 19.7 Å². The highest BCUT2D eigenvalue weighted by atomic mass is 16.5. The number of amides is 2. The molecule has 2 fully saturated rings. The van der Waals surface area contributed by atoms with E-state index in [1.54, 1.807) is 0 Å². The number of carbonyl (C=O) groups is 2. The number of hydrogen-bond donors (Lipinski definition) is 1. The van der Waals surface area contributed by atoms with Crippen molar-refractivity contribution in [3.05, 3.63) is 35.9 Å². The van der Waals surface area contributed by atoms with E-state index in [0.717, 1.165) is 45.2 Å². The van der Waals surface area contributed by atoms with E-state index in [4.69, 9.17) is 4.74 Å². The Morgan fingerprint density at radius 1 is 1.15 bits per heavy atom. The molecule has 0 unspecified atom stereocenters. The van der Waals surface area contributed by atoms with Crippen LogP contribution in [0.1, 0.15) is 55.8 Å². The van der Waals surface area contributed by atoms with Crippen LogP contribution in [0.25, 0.3) is 0 Å². The summed E-state index contributed by atoms with van der Waals surface area (Å²) in [5.74, 6) is 0.241. The van der Waals surface area contributed by atoms with Crippen LogP contribution in [0.5, 0.6) is 0 Å². The molecule has 5 nitrogen and oxygen atoms in total. The average molecular weight is 358 g/mol. The fraction of sp³-hybridized carbons (Fsp3) is 0.619. The summed E-state index contributed by atoms with van der Waals surface area (Å²) in [6, 6.07) is 9.24. The van der Waals surface area contributed by atoms with Crippen LogP contribution in [-0.4, -0.2) is 48.6 Å². The summed E-state index contributed by atoms with van der Waals surface area (Å²) in [6.45, 7) is 4.52. The van der Waals surface area contributed by atoms with Crippen LogP contribution in [0, 0.1) is 5.92 Å². The summed E-state index contributed by atoms with van der Waals surface area (Å²) in [5, 5.41) is 3.13. The third-order valence-corrected chi connectivity index (χ3v) is 5.45. The lowest BCUT2D eigenvalue weighted by Gasteiger charge is -2.37. The lowest BCUT2D eigenvalue weighted by Crippen LogP contribution is -2.50. The smallest absolute Gasteiger partial charge is 0.251 e. The Kier molecular flexibility index (Phi) is 6.67. The van der Waals surface area contributed by atoms with Crippen LogP contribution in [0.2, 0.25) is 0 Å². The van der Waals surface area contributed by atoms with Gasteiger partial charge in [-0.15, -0.1) is 0 Å². The molecule has 2 amide bonds. The van der Waals surface area contributed by atoms with E-state index >= 15 is 0 Å². The molecular weight excluding hydrogens is 328 g/mol. The van der Waals surface area contributed by atoms with Gasteiger partial charge in [0.15, 0.2) is 0 Å². The summed E-state index contributed by atoms with van der Waals surface area (Å²) in [5.41, 5.74) is 0.664. The van der Waals surface area contributed by atoms with Crippen LogP contribution in [-0.2, 0) is 9.53 Å². The van der Waals surface area contributed by atoms with Gasteiger partial charge in [-0.2, -0.15) is 0 Å². The lowest BCUT2D eigenvalue weighted by molar-refractivity contribution is -0.138. The Labute approximate surface area is 156 Å². The van der Waals surface area contributed by atoms with Gasteiger partial charge in [0, 0.05) is 31.2 Å². The number of carbonyl (C=O) groups excluding carboxylic acids is 2. The van der Waals surface area contributed by atoms with Gasteiger partial charge in [-0.1, -0.05) is 25.1 Å². The van der Waals surface area contributed by atoms with E-state index in [2.05, 4.69) is 12.2 Å². The summed E-state index contributed by atoms with van der Waals surface area (Å²) >= 11 is 0. The van der Waals surface area contributed by atoms with Gasteiger partial charge in [0.2, 0.25) is 5.91 Å². The Hall–Kier alpha value is -1.88. The second-order valence-corrected chi connectivity index (χ2v) is 7.40. The number of hydrogen-bond acceptors (Lipinski definition) is 3. The van der Waals surface area contributed by atoms with E-state index in [-0.39, 0.29) is 29.9 Å². The summed E-state index contributed by atoms with van der Waals surface area (Å²) < 4.78 is 6.04. The summed E-state index contributed by atoms with van der Waals surface area (Å²) in [4.78, 5) is 27.3. The first-order valence-electron chi connectivity index (χ1n) is 9.95. The maximum absolute atomic E-state index is 12.8. The van der Waals surface area contributed by atoms with Crippen molar-refractivity contribution in [1.29, 1.82) is 0 Å². The number of ether oxygens (including phenoxy) is 1. The highest BCUT2D eigenvalue weighted by molar-refractivity contribution is 5.94. The molecule has 0 aromatic heterocycles. The highest BCUT2D eigenvalue weighted by Crippen LogP contribution is 2.30. The van der Waals surface area contributed by atoms with Gasteiger partial charge >= 0.3 is 0 Å². The summed E-state index contributed by atoms with van der Waals surface area (Å²) in [6.07, 6.45) is 5.38. The van der Waals surface area contributed by atoms with Crippen molar-refractivity contribution in [3.63, 3.8) is 0 Å². The van der Waals surface area contributed by atoms with Crippen molar-refractivity contribution >= 4 is 11.8 Å². The van der Waals surface area contributed by atoms with Crippen LogP contribution in [0.15, 0.2) is 30.3 Å². The molecule has 3 rings (SSSR count). The number of rotatable bonds is 6. The van der Waals surface area contributed by atoms with Crippen molar-refractivity contribution in [3.8, 4) is 0 Å². The molecule has 1 saturated carbocycles. The minimum Gasteiger partial charge on any atom is -0.376 e. The van der Waals surface area contributed by atoms with E-state index in [9.17, 15) is 9.59 Å². The molecule has 1 aliphatic carbocycles. The van der Waals surface area contributed by atoms with Gasteiger partial charge in [0.25, 0.3) is 5.91 Å². The predicted molar refractivity (Wildman–Crippen MR) is 101 cm³/mol. The molecule has 1 aromatic carbocycles. The second kappa shape index (κ2) is 9.17. The molecule has 0 radical (unpaired) electrons. The predicted octanol–water partition coefficient (Wildman–Crippen LogP) is 3.00. The van der Waals surface area contributed by atoms with Gasteiger partial charge in [-0.05, 0) is 50.7 Å². The molecule has 26 heavy (non-hydrogen) atoms. The van der Waals surface area contributed by atoms with Crippen molar-refractivity contribution in [2.45, 2.75) is 57.6 Å². The van der Waals surface area contributed by atoms with Gasteiger partial charge in [-0.3, -0.25) is 9.59 Å². The van der Waals surface area contributed by atoms with Gasteiger partial charge < -0.3 is 15.0 Å². The zero-order valence-corrected chi connectivity index (χ0v) is 15.7. The maximum Gasteiger partial charge on any atom is 0.251 e. The van der Waals surface area contributed by atoms with Gasteiger partial charge in [0.05, 0.1) is 12.1 Å². The lowest BCUT2D eigenvalue weighted by atomic mass is 9.82. The molecule has 142 valence electrons. The zero-order chi connectivity index (χ0) is 18.4. The van der Waals surface area contributed by atoms with Crippen molar-refractivity contribution < 1.29 is 14.3 Å². The van der Waals surface area contributed by atoms with Crippen LogP contribution in [0.3, 0.4) is 0 Å².